The summed E-state index contributed by atoms with van der Waals surface area (Å²) >= 11 is 0. The zero-order valence-corrected chi connectivity index (χ0v) is 9.80. The summed E-state index contributed by atoms with van der Waals surface area (Å²) in [4.78, 5) is 11.8. The largest absolute Gasteiger partial charge is 0.353 e. The number of rotatable bonds is 4. The van der Waals surface area contributed by atoms with Crippen LogP contribution in [0.1, 0.15) is 30.9 Å². The van der Waals surface area contributed by atoms with Gasteiger partial charge in [-0.05, 0) is 18.4 Å². The highest BCUT2D eigenvalue weighted by molar-refractivity contribution is 5.77. The van der Waals surface area contributed by atoms with Crippen molar-refractivity contribution in [1.29, 1.82) is 0 Å². The van der Waals surface area contributed by atoms with Gasteiger partial charge in [0.1, 0.15) is 0 Å². The van der Waals surface area contributed by atoms with E-state index in [2.05, 4.69) is 17.5 Å². The summed E-state index contributed by atoms with van der Waals surface area (Å²) in [6, 6.07) is 9.78. The van der Waals surface area contributed by atoms with Crippen LogP contribution in [0.3, 0.4) is 0 Å². The van der Waals surface area contributed by atoms with E-state index < -0.39 is 0 Å². The zero-order chi connectivity index (χ0) is 12.1. The van der Waals surface area contributed by atoms with E-state index in [1.165, 1.54) is 0 Å². The van der Waals surface area contributed by atoms with Gasteiger partial charge >= 0.3 is 0 Å². The predicted octanol–water partition coefficient (Wildman–Crippen LogP) is 1.91. The van der Waals surface area contributed by atoms with Gasteiger partial charge in [-0.3, -0.25) is 4.79 Å². The van der Waals surface area contributed by atoms with Crippen LogP contribution in [0.15, 0.2) is 42.5 Å². The molecule has 0 heterocycles. The van der Waals surface area contributed by atoms with Crippen LogP contribution in [0.2, 0.25) is 0 Å². The minimum absolute atomic E-state index is 0.0371. The van der Waals surface area contributed by atoms with Crippen molar-refractivity contribution >= 4 is 5.91 Å². The van der Waals surface area contributed by atoms with Crippen molar-refractivity contribution in [2.45, 2.75) is 31.3 Å². The molecule has 0 aromatic heterocycles. The maximum atomic E-state index is 11.8. The third-order valence-corrected chi connectivity index (χ3v) is 3.01. The Hall–Kier alpha value is -1.61. The quantitative estimate of drug-likeness (QED) is 0.776. The normalized spacial score (nSPS) is 17.0. The molecule has 3 nitrogen and oxygen atoms in total. The van der Waals surface area contributed by atoms with Crippen molar-refractivity contribution in [1.82, 2.24) is 5.32 Å². The predicted molar refractivity (Wildman–Crippen MR) is 68.3 cm³/mol. The molecule has 3 N–H and O–H groups in total. The van der Waals surface area contributed by atoms with E-state index in [0.29, 0.717) is 6.42 Å². The van der Waals surface area contributed by atoms with Crippen LogP contribution in [0.4, 0.5) is 0 Å². The lowest BCUT2D eigenvalue weighted by Crippen LogP contribution is -2.34. The number of hydrogen-bond acceptors (Lipinski definition) is 2. The summed E-state index contributed by atoms with van der Waals surface area (Å²) in [5, 5.41) is 3.00. The van der Waals surface area contributed by atoms with Crippen LogP contribution >= 0.6 is 0 Å². The van der Waals surface area contributed by atoms with Crippen LogP contribution in [0.25, 0.3) is 0 Å². The topological polar surface area (TPSA) is 55.1 Å². The summed E-state index contributed by atoms with van der Waals surface area (Å²) < 4.78 is 0. The molecular weight excluding hydrogens is 212 g/mol. The number of carbonyl (C=O) groups excluding carboxylic acids is 1. The van der Waals surface area contributed by atoms with Gasteiger partial charge in [0.25, 0.3) is 0 Å². The first-order valence-electron chi connectivity index (χ1n) is 6.00. The fourth-order valence-corrected chi connectivity index (χ4v) is 2.04. The van der Waals surface area contributed by atoms with Gasteiger partial charge in [-0.25, -0.2) is 0 Å². The number of amides is 1. The molecule has 1 amide bonds. The van der Waals surface area contributed by atoms with Crippen molar-refractivity contribution in [3.63, 3.8) is 0 Å². The minimum Gasteiger partial charge on any atom is -0.353 e. The summed E-state index contributed by atoms with van der Waals surface area (Å²) in [6.45, 7) is 0. The Morgan fingerprint density at radius 3 is 2.59 bits per heavy atom. The molecular formula is C14H18N2O. The second-order valence-corrected chi connectivity index (χ2v) is 4.43. The van der Waals surface area contributed by atoms with Gasteiger partial charge in [-0.2, -0.15) is 0 Å². The fraction of sp³-hybridized carbons (Fsp3) is 0.357. The lowest BCUT2D eigenvalue weighted by molar-refractivity contribution is -0.122. The van der Waals surface area contributed by atoms with Gasteiger partial charge in [0, 0.05) is 18.5 Å². The number of hydrogen-bond donors (Lipinski definition) is 2. The van der Waals surface area contributed by atoms with Crippen LogP contribution in [0.5, 0.6) is 0 Å². The summed E-state index contributed by atoms with van der Waals surface area (Å²) in [7, 11) is 0. The SMILES string of the molecule is NC(CC(=O)NC1CC=CC1)c1ccccc1. The van der Waals surface area contributed by atoms with Crippen molar-refractivity contribution < 1.29 is 4.79 Å². The third-order valence-electron chi connectivity index (χ3n) is 3.01. The van der Waals surface area contributed by atoms with E-state index in [1.807, 2.05) is 30.3 Å². The molecule has 3 heteroatoms. The molecule has 0 bridgehead atoms. The highest BCUT2D eigenvalue weighted by Crippen LogP contribution is 2.14. The van der Waals surface area contributed by atoms with Gasteiger partial charge in [0.05, 0.1) is 0 Å². The number of nitrogens with two attached hydrogens (primary N) is 1. The molecule has 17 heavy (non-hydrogen) atoms. The highest BCUT2D eigenvalue weighted by atomic mass is 16.1. The summed E-state index contributed by atoms with van der Waals surface area (Å²) in [5.41, 5.74) is 7.00. The molecule has 1 aromatic rings. The van der Waals surface area contributed by atoms with Gasteiger partial charge < -0.3 is 11.1 Å². The number of nitrogens with one attached hydrogen (secondary N) is 1. The number of benzene rings is 1. The molecule has 0 fully saturated rings. The lowest BCUT2D eigenvalue weighted by Gasteiger charge is -2.15. The molecule has 1 aromatic carbocycles. The van der Waals surface area contributed by atoms with Crippen LogP contribution in [-0.4, -0.2) is 11.9 Å². The lowest BCUT2D eigenvalue weighted by atomic mass is 10.0. The summed E-state index contributed by atoms with van der Waals surface area (Å²) in [6.07, 6.45) is 6.42. The maximum absolute atomic E-state index is 11.8. The van der Waals surface area contributed by atoms with Gasteiger partial charge in [0.2, 0.25) is 5.91 Å². The van der Waals surface area contributed by atoms with E-state index in [4.69, 9.17) is 5.73 Å². The Balaban J connectivity index is 1.82. The van der Waals surface area contributed by atoms with Crippen LogP contribution in [0, 0.1) is 0 Å². The van der Waals surface area contributed by atoms with Crippen molar-refractivity contribution in [2.75, 3.05) is 0 Å². The Morgan fingerprint density at radius 1 is 1.29 bits per heavy atom. The third kappa shape index (κ3) is 3.43. The highest BCUT2D eigenvalue weighted by Gasteiger charge is 2.16. The number of carbonyl (C=O) groups is 1. The van der Waals surface area contributed by atoms with Crippen molar-refractivity contribution in [3.8, 4) is 0 Å². The van der Waals surface area contributed by atoms with Gasteiger partial charge in [-0.15, -0.1) is 0 Å². The smallest absolute Gasteiger partial charge is 0.222 e. The van der Waals surface area contributed by atoms with Crippen LogP contribution < -0.4 is 11.1 Å². The van der Waals surface area contributed by atoms with E-state index in [9.17, 15) is 4.79 Å². The monoisotopic (exact) mass is 230 g/mol. The van der Waals surface area contributed by atoms with Crippen molar-refractivity contribution in [2.24, 2.45) is 5.73 Å². The van der Waals surface area contributed by atoms with Crippen molar-refractivity contribution in [3.05, 3.63) is 48.0 Å². The van der Waals surface area contributed by atoms with E-state index >= 15 is 0 Å². The molecule has 0 saturated carbocycles. The van der Waals surface area contributed by atoms with Crippen LogP contribution in [-0.2, 0) is 4.79 Å². The molecule has 90 valence electrons. The summed E-state index contributed by atoms with van der Waals surface area (Å²) in [5.74, 6) is 0.0371. The first-order valence-corrected chi connectivity index (χ1v) is 6.00. The maximum Gasteiger partial charge on any atom is 0.222 e. The second kappa shape index (κ2) is 5.64. The Morgan fingerprint density at radius 2 is 1.94 bits per heavy atom. The Bertz CT molecular complexity index is 392. The second-order valence-electron chi connectivity index (χ2n) is 4.43. The average molecular weight is 230 g/mol. The fourth-order valence-electron chi connectivity index (χ4n) is 2.04. The zero-order valence-electron chi connectivity index (χ0n) is 9.80. The molecule has 1 aliphatic rings. The Kier molecular flexibility index (Phi) is 3.94. The molecule has 1 aliphatic carbocycles. The van der Waals surface area contributed by atoms with E-state index in [0.717, 1.165) is 18.4 Å². The van der Waals surface area contributed by atoms with Gasteiger partial charge in [-0.1, -0.05) is 42.5 Å². The minimum atomic E-state index is -0.217. The average Bonchev–Trinajstić information content (AvgIpc) is 2.82. The molecule has 0 radical (unpaired) electrons. The molecule has 1 unspecified atom stereocenters. The Labute approximate surface area is 102 Å². The molecule has 0 spiro atoms. The van der Waals surface area contributed by atoms with Gasteiger partial charge in [0.15, 0.2) is 0 Å². The standard InChI is InChI=1S/C14H18N2O/c15-13(11-6-2-1-3-7-11)10-14(17)16-12-8-4-5-9-12/h1-7,12-13H,8-10,15H2,(H,16,17). The first-order chi connectivity index (χ1) is 8.25. The molecule has 0 saturated heterocycles. The molecule has 0 aliphatic heterocycles. The first kappa shape index (κ1) is 11.9. The van der Waals surface area contributed by atoms with E-state index in [-0.39, 0.29) is 18.0 Å². The van der Waals surface area contributed by atoms with E-state index in [1.54, 1.807) is 0 Å². The molecule has 1 atom stereocenters. The molecule has 2 rings (SSSR count).